The van der Waals surface area contributed by atoms with Gasteiger partial charge in [-0.15, -0.1) is 11.5 Å². The first-order valence-electron chi connectivity index (χ1n) is 6.86. The van der Waals surface area contributed by atoms with Crippen molar-refractivity contribution < 1.29 is 46.5 Å². The summed E-state index contributed by atoms with van der Waals surface area (Å²) in [5.74, 6) is -0.565. The van der Waals surface area contributed by atoms with Gasteiger partial charge in [0.1, 0.15) is 0 Å². The molecule has 0 aromatic heterocycles. The molecule has 140 valence electrons. The van der Waals surface area contributed by atoms with Crippen molar-refractivity contribution in [3.8, 4) is 0 Å². The second kappa shape index (κ2) is 23.1. The molecule has 0 aromatic carbocycles. The van der Waals surface area contributed by atoms with Gasteiger partial charge in [-0.2, -0.15) is 0 Å². The standard InChI is InChI=1S/2C6H10O2.2C2H6O.Ni/c2*1-4(5(2)7)6(3)8;2*1-2-3;/h2*7H,1-3H3;2*3H,2H2,1H3;/q;;;;+2/p-2/b2*5-4-;;;. The van der Waals surface area contributed by atoms with Crippen molar-refractivity contribution in [2.24, 2.45) is 0 Å². The molecule has 7 heteroatoms. The quantitative estimate of drug-likeness (QED) is 0.410. The van der Waals surface area contributed by atoms with Crippen LogP contribution in [0, 0.1) is 0 Å². The Hall–Kier alpha value is -1.17. The number of rotatable bonds is 2. The minimum Gasteiger partial charge on any atom is -0.875 e. The average Bonchev–Trinajstić information content (AvgIpc) is 2.38. The van der Waals surface area contributed by atoms with Crippen molar-refractivity contribution in [1.29, 1.82) is 0 Å². The summed E-state index contributed by atoms with van der Waals surface area (Å²) in [7, 11) is 0. The van der Waals surface area contributed by atoms with Gasteiger partial charge in [0.2, 0.25) is 0 Å². The molecule has 0 heterocycles. The van der Waals surface area contributed by atoms with Crippen LogP contribution in [0.4, 0.5) is 0 Å². The van der Waals surface area contributed by atoms with E-state index < -0.39 is 0 Å². The summed E-state index contributed by atoms with van der Waals surface area (Å²) in [5, 5.41) is 35.8. The van der Waals surface area contributed by atoms with Gasteiger partial charge in [-0.25, -0.2) is 0 Å². The number of hydrogen-bond donors (Lipinski definition) is 2. The number of aliphatic hydroxyl groups is 2. The zero-order chi connectivity index (χ0) is 18.9. The Bertz CT molecular complexity index is 329. The van der Waals surface area contributed by atoms with Crippen LogP contribution in [-0.4, -0.2) is 35.0 Å². The van der Waals surface area contributed by atoms with Crippen molar-refractivity contribution in [3.05, 3.63) is 22.7 Å². The Morgan fingerprint density at radius 3 is 0.826 bits per heavy atom. The Labute approximate surface area is 149 Å². The zero-order valence-electron chi connectivity index (χ0n) is 15.3. The maximum atomic E-state index is 10.3. The molecule has 0 radical (unpaired) electrons. The minimum absolute atomic E-state index is 0. The Morgan fingerprint density at radius 1 is 0.696 bits per heavy atom. The van der Waals surface area contributed by atoms with E-state index in [1.54, 1.807) is 13.8 Å². The van der Waals surface area contributed by atoms with Gasteiger partial charge in [0.05, 0.1) is 0 Å². The molecule has 0 fully saturated rings. The molecule has 6 nitrogen and oxygen atoms in total. The van der Waals surface area contributed by atoms with Crippen molar-refractivity contribution >= 4 is 11.6 Å². The fourth-order valence-corrected chi connectivity index (χ4v) is 0.496. The number of hydrogen-bond acceptors (Lipinski definition) is 6. The third kappa shape index (κ3) is 33.6. The summed E-state index contributed by atoms with van der Waals surface area (Å²) in [6, 6.07) is 0. The van der Waals surface area contributed by atoms with Crippen LogP contribution < -0.4 is 10.2 Å². The summed E-state index contributed by atoms with van der Waals surface area (Å²) in [6.07, 6.45) is 0. The van der Waals surface area contributed by atoms with E-state index in [1.165, 1.54) is 41.5 Å². The average molecular weight is 377 g/mol. The molecular weight excluding hydrogens is 347 g/mol. The smallest absolute Gasteiger partial charge is 0.875 e. The SMILES string of the molecule is CC(=O)/C(C)=C(/C)[O-].CC(=O)/C(C)=C(/C)[O-].CCO.CCO.[Ni+2]. The first-order valence-corrected chi connectivity index (χ1v) is 6.86. The molecule has 0 saturated carbocycles. The molecule has 0 unspecified atom stereocenters. The van der Waals surface area contributed by atoms with Gasteiger partial charge in [-0.1, -0.05) is 13.8 Å². The fraction of sp³-hybridized carbons (Fsp3) is 0.625. The first-order chi connectivity index (χ1) is 9.94. The van der Waals surface area contributed by atoms with Gasteiger partial charge >= 0.3 is 16.5 Å². The van der Waals surface area contributed by atoms with E-state index in [0.717, 1.165) is 0 Å². The molecule has 2 N–H and O–H groups in total. The molecule has 0 aromatic rings. The second-order valence-electron chi connectivity index (χ2n) is 4.11. The van der Waals surface area contributed by atoms with Gasteiger partial charge in [0, 0.05) is 13.2 Å². The van der Waals surface area contributed by atoms with E-state index in [1.807, 2.05) is 0 Å². The van der Waals surface area contributed by atoms with E-state index in [4.69, 9.17) is 10.2 Å². The van der Waals surface area contributed by atoms with Crippen molar-refractivity contribution in [3.63, 3.8) is 0 Å². The Morgan fingerprint density at radius 2 is 0.826 bits per heavy atom. The van der Waals surface area contributed by atoms with Crippen LogP contribution in [0.1, 0.15) is 55.4 Å². The summed E-state index contributed by atoms with van der Waals surface area (Å²) < 4.78 is 0. The van der Waals surface area contributed by atoms with E-state index in [-0.39, 0.29) is 52.8 Å². The maximum Gasteiger partial charge on any atom is 2.00 e. The van der Waals surface area contributed by atoms with Gasteiger partial charge in [-0.05, 0) is 52.7 Å². The van der Waals surface area contributed by atoms with Crippen LogP contribution in [0.25, 0.3) is 0 Å². The molecule has 0 aliphatic carbocycles. The normalized spacial score (nSPS) is 10.5. The zero-order valence-corrected chi connectivity index (χ0v) is 16.2. The van der Waals surface area contributed by atoms with E-state index >= 15 is 0 Å². The molecule has 0 bridgehead atoms. The molecule has 0 spiro atoms. The largest absolute Gasteiger partial charge is 2.00 e. The van der Waals surface area contributed by atoms with E-state index in [0.29, 0.717) is 11.1 Å². The van der Waals surface area contributed by atoms with Crippen molar-refractivity contribution in [1.82, 2.24) is 0 Å². The summed E-state index contributed by atoms with van der Waals surface area (Å²) >= 11 is 0. The van der Waals surface area contributed by atoms with Crippen molar-refractivity contribution in [2.75, 3.05) is 13.2 Å². The van der Waals surface area contributed by atoms with Crippen LogP contribution in [-0.2, 0) is 26.1 Å². The molecule has 0 aliphatic heterocycles. The van der Waals surface area contributed by atoms with E-state index in [2.05, 4.69) is 0 Å². The molecule has 0 rings (SSSR count). The summed E-state index contributed by atoms with van der Waals surface area (Å²) in [5.41, 5.74) is 0.648. The first kappa shape index (κ1) is 33.4. The topological polar surface area (TPSA) is 121 Å². The van der Waals surface area contributed by atoms with Gasteiger partial charge in [0.25, 0.3) is 0 Å². The second-order valence-corrected chi connectivity index (χ2v) is 4.11. The fourth-order valence-electron chi connectivity index (χ4n) is 0.496. The van der Waals surface area contributed by atoms with Crippen LogP contribution in [0.2, 0.25) is 0 Å². The predicted molar refractivity (Wildman–Crippen MR) is 83.6 cm³/mol. The number of carbonyl (C=O) groups excluding carboxylic acids is 2. The summed E-state index contributed by atoms with van der Waals surface area (Å²) in [4.78, 5) is 20.7. The van der Waals surface area contributed by atoms with Gasteiger partial charge < -0.3 is 20.4 Å². The number of allylic oxidation sites excluding steroid dienone is 4. The number of carbonyl (C=O) groups is 2. The molecule has 0 aliphatic rings. The van der Waals surface area contributed by atoms with Crippen molar-refractivity contribution in [2.45, 2.75) is 55.4 Å². The van der Waals surface area contributed by atoms with Crippen LogP contribution in [0.15, 0.2) is 22.7 Å². The van der Waals surface area contributed by atoms with Gasteiger partial charge in [0.15, 0.2) is 11.6 Å². The number of Topliss-reactive ketones (excluding diaryl/α,β-unsaturated/α-hetero) is 2. The van der Waals surface area contributed by atoms with Gasteiger partial charge in [-0.3, -0.25) is 9.59 Å². The molecule has 0 saturated heterocycles. The van der Waals surface area contributed by atoms with Crippen LogP contribution >= 0.6 is 0 Å². The predicted octanol–water partition coefficient (Wildman–Crippen LogP) is 0.454. The maximum absolute atomic E-state index is 10.3. The number of ketones is 2. The molecule has 23 heavy (non-hydrogen) atoms. The Balaban J connectivity index is -0.0000000680. The minimum atomic E-state index is -0.141. The monoisotopic (exact) mass is 376 g/mol. The Kier molecular flexibility index (Phi) is 33.6. The molecule has 0 amide bonds. The third-order valence-corrected chi connectivity index (χ3v) is 2.11. The third-order valence-electron chi connectivity index (χ3n) is 2.11. The number of aliphatic hydroxyl groups excluding tert-OH is 2. The molecular formula is C16H30NiO6. The summed E-state index contributed by atoms with van der Waals surface area (Å²) in [6.45, 7) is 12.5. The van der Waals surface area contributed by atoms with E-state index in [9.17, 15) is 19.8 Å². The van der Waals surface area contributed by atoms with Crippen LogP contribution in [0.3, 0.4) is 0 Å². The van der Waals surface area contributed by atoms with Crippen LogP contribution in [0.5, 0.6) is 0 Å². The molecule has 0 atom stereocenters.